The Labute approximate surface area is 161 Å². The zero-order valence-electron chi connectivity index (χ0n) is 15.8. The van der Waals surface area contributed by atoms with Crippen LogP contribution in [0.5, 0.6) is 5.75 Å². The van der Waals surface area contributed by atoms with E-state index in [-0.39, 0.29) is 12.4 Å². The number of methoxy groups -OCH3 is 1. The maximum absolute atomic E-state index is 12.4. The summed E-state index contributed by atoms with van der Waals surface area (Å²) in [5.41, 5.74) is 2.62. The molecular formula is C20H20N4O4. The van der Waals surface area contributed by atoms with Crippen molar-refractivity contribution in [2.24, 2.45) is 0 Å². The molecule has 0 aliphatic rings. The first-order valence-electron chi connectivity index (χ1n) is 8.60. The Morgan fingerprint density at radius 3 is 2.43 bits per heavy atom. The number of carbonyl (C=O) groups is 2. The second-order valence-electron chi connectivity index (χ2n) is 6.11. The maximum Gasteiger partial charge on any atom is 0.313 e. The van der Waals surface area contributed by atoms with Gasteiger partial charge in [0.2, 0.25) is 11.8 Å². The number of carbonyl (C=O) groups excluding carboxylic acids is 2. The van der Waals surface area contributed by atoms with Crippen LogP contribution in [0.1, 0.15) is 17.0 Å². The van der Waals surface area contributed by atoms with E-state index in [1.807, 2.05) is 31.2 Å². The molecule has 0 unspecified atom stereocenters. The van der Waals surface area contributed by atoms with Crippen LogP contribution in [0.2, 0.25) is 0 Å². The molecule has 2 amide bonds. The quantitative estimate of drug-likeness (QED) is 0.659. The number of aryl methyl sites for hydroxylation is 2. The van der Waals surface area contributed by atoms with E-state index in [4.69, 9.17) is 9.15 Å². The van der Waals surface area contributed by atoms with Crippen molar-refractivity contribution >= 4 is 17.5 Å². The Bertz CT molecular complexity index is 996. The molecule has 2 aromatic carbocycles. The van der Waals surface area contributed by atoms with Gasteiger partial charge >= 0.3 is 11.8 Å². The number of hydrogen-bond acceptors (Lipinski definition) is 6. The molecule has 144 valence electrons. The van der Waals surface area contributed by atoms with E-state index in [0.29, 0.717) is 17.1 Å². The zero-order chi connectivity index (χ0) is 20.1. The lowest BCUT2D eigenvalue weighted by Crippen LogP contribution is -2.35. The summed E-state index contributed by atoms with van der Waals surface area (Å²) < 4.78 is 10.5. The van der Waals surface area contributed by atoms with E-state index < -0.39 is 11.8 Å². The number of para-hydroxylation sites is 1. The minimum Gasteiger partial charge on any atom is -0.497 e. The summed E-state index contributed by atoms with van der Waals surface area (Å²) in [7, 11) is 1.58. The molecule has 28 heavy (non-hydrogen) atoms. The third-order valence-corrected chi connectivity index (χ3v) is 4.09. The fraction of sp³-hybridized carbons (Fsp3) is 0.200. The number of nitrogens with zero attached hydrogens (tertiary/aromatic N) is 2. The van der Waals surface area contributed by atoms with E-state index in [0.717, 1.165) is 16.9 Å². The van der Waals surface area contributed by atoms with Crippen LogP contribution in [0.3, 0.4) is 0 Å². The molecule has 8 nitrogen and oxygen atoms in total. The summed E-state index contributed by atoms with van der Waals surface area (Å²) in [5, 5.41) is 13.0. The Hall–Kier alpha value is -3.68. The Kier molecular flexibility index (Phi) is 5.69. The van der Waals surface area contributed by atoms with Gasteiger partial charge in [-0.25, -0.2) is 0 Å². The topological polar surface area (TPSA) is 106 Å². The second kappa shape index (κ2) is 8.34. The summed E-state index contributed by atoms with van der Waals surface area (Å²) in [6.07, 6.45) is 0. The predicted octanol–water partition coefficient (Wildman–Crippen LogP) is 2.62. The zero-order valence-corrected chi connectivity index (χ0v) is 15.8. The van der Waals surface area contributed by atoms with Crippen LogP contribution in [0.4, 0.5) is 5.69 Å². The highest BCUT2D eigenvalue weighted by atomic mass is 16.5. The van der Waals surface area contributed by atoms with Crippen molar-refractivity contribution in [2.75, 3.05) is 12.4 Å². The van der Waals surface area contributed by atoms with Crippen molar-refractivity contribution in [1.29, 1.82) is 0 Å². The van der Waals surface area contributed by atoms with Crippen LogP contribution in [0.25, 0.3) is 11.5 Å². The largest absolute Gasteiger partial charge is 0.497 e. The molecule has 0 radical (unpaired) electrons. The van der Waals surface area contributed by atoms with Crippen molar-refractivity contribution in [3.05, 3.63) is 59.5 Å². The average molecular weight is 380 g/mol. The molecule has 0 saturated carbocycles. The van der Waals surface area contributed by atoms with Crippen molar-refractivity contribution in [3.63, 3.8) is 0 Å². The molecule has 0 fully saturated rings. The van der Waals surface area contributed by atoms with Gasteiger partial charge < -0.3 is 19.8 Å². The molecule has 0 atom stereocenters. The van der Waals surface area contributed by atoms with Crippen LogP contribution in [-0.2, 0) is 16.1 Å². The lowest BCUT2D eigenvalue weighted by molar-refractivity contribution is -0.136. The summed E-state index contributed by atoms with van der Waals surface area (Å²) in [5.74, 6) is -0.121. The molecule has 0 spiro atoms. The van der Waals surface area contributed by atoms with Gasteiger partial charge in [-0.15, -0.1) is 10.2 Å². The Morgan fingerprint density at radius 1 is 1.04 bits per heavy atom. The Morgan fingerprint density at radius 2 is 1.79 bits per heavy atom. The molecule has 1 heterocycles. The monoisotopic (exact) mass is 380 g/mol. The number of anilines is 1. The highest BCUT2D eigenvalue weighted by Gasteiger charge is 2.19. The third-order valence-electron chi connectivity index (χ3n) is 4.09. The summed E-state index contributed by atoms with van der Waals surface area (Å²) >= 11 is 0. The molecule has 0 aliphatic heterocycles. The fourth-order valence-corrected chi connectivity index (χ4v) is 2.59. The number of rotatable bonds is 5. The highest BCUT2D eigenvalue weighted by Crippen LogP contribution is 2.29. The van der Waals surface area contributed by atoms with Crippen molar-refractivity contribution in [1.82, 2.24) is 15.5 Å². The molecule has 0 bridgehead atoms. The highest BCUT2D eigenvalue weighted by molar-refractivity contribution is 6.40. The van der Waals surface area contributed by atoms with Gasteiger partial charge in [-0.2, -0.15) is 0 Å². The third kappa shape index (κ3) is 4.35. The maximum atomic E-state index is 12.4. The first kappa shape index (κ1) is 19.1. The van der Waals surface area contributed by atoms with Gasteiger partial charge in [0, 0.05) is 13.5 Å². The molecule has 0 saturated heterocycles. The average Bonchev–Trinajstić information content (AvgIpc) is 3.14. The van der Waals surface area contributed by atoms with Crippen LogP contribution in [0, 0.1) is 13.8 Å². The molecule has 1 aromatic heterocycles. The standard InChI is InChI=1S/C20H20N4O4/c1-12-5-4-6-16(20-24-23-13(2)28-20)17(12)22-19(26)18(25)21-11-14-7-9-15(27-3)10-8-14/h4-10H,11H2,1-3H3,(H,21,25)(H,22,26). The summed E-state index contributed by atoms with van der Waals surface area (Å²) in [6, 6.07) is 12.6. The van der Waals surface area contributed by atoms with E-state index in [1.165, 1.54) is 0 Å². The van der Waals surface area contributed by atoms with E-state index in [9.17, 15) is 9.59 Å². The minimum atomic E-state index is -0.778. The fourth-order valence-electron chi connectivity index (χ4n) is 2.59. The van der Waals surface area contributed by atoms with Gasteiger partial charge in [-0.1, -0.05) is 24.3 Å². The number of aromatic nitrogens is 2. The predicted molar refractivity (Wildman–Crippen MR) is 103 cm³/mol. The van der Waals surface area contributed by atoms with Gasteiger partial charge in [-0.3, -0.25) is 9.59 Å². The van der Waals surface area contributed by atoms with E-state index in [2.05, 4.69) is 20.8 Å². The SMILES string of the molecule is COc1ccc(CNC(=O)C(=O)Nc2c(C)cccc2-c2nnc(C)o2)cc1. The number of hydrogen-bond donors (Lipinski definition) is 2. The molecule has 3 aromatic rings. The van der Waals surface area contributed by atoms with Crippen molar-refractivity contribution < 1.29 is 18.7 Å². The van der Waals surface area contributed by atoms with Gasteiger partial charge in [0.1, 0.15) is 5.75 Å². The Balaban J connectivity index is 1.69. The van der Waals surface area contributed by atoms with Gasteiger partial charge in [0.15, 0.2) is 0 Å². The van der Waals surface area contributed by atoms with Crippen molar-refractivity contribution in [3.8, 4) is 17.2 Å². The minimum absolute atomic E-state index is 0.222. The summed E-state index contributed by atoms with van der Waals surface area (Å²) in [4.78, 5) is 24.6. The van der Waals surface area contributed by atoms with Crippen molar-refractivity contribution in [2.45, 2.75) is 20.4 Å². The van der Waals surface area contributed by atoms with Crippen LogP contribution in [0.15, 0.2) is 46.9 Å². The first-order chi connectivity index (χ1) is 13.5. The van der Waals surface area contributed by atoms with Gasteiger partial charge in [0.05, 0.1) is 18.4 Å². The lowest BCUT2D eigenvalue weighted by Gasteiger charge is -2.12. The van der Waals surface area contributed by atoms with Crippen LogP contribution in [-0.4, -0.2) is 29.1 Å². The molecular weight excluding hydrogens is 360 g/mol. The molecule has 0 aliphatic carbocycles. The van der Waals surface area contributed by atoms with Gasteiger partial charge in [0.25, 0.3) is 0 Å². The van der Waals surface area contributed by atoms with E-state index in [1.54, 1.807) is 32.2 Å². The number of ether oxygens (including phenoxy) is 1. The molecule has 2 N–H and O–H groups in total. The van der Waals surface area contributed by atoms with Gasteiger partial charge in [-0.05, 0) is 36.2 Å². The summed E-state index contributed by atoms with van der Waals surface area (Å²) in [6.45, 7) is 3.72. The number of nitrogens with one attached hydrogen (secondary N) is 2. The van der Waals surface area contributed by atoms with Crippen LogP contribution >= 0.6 is 0 Å². The van der Waals surface area contributed by atoms with Crippen LogP contribution < -0.4 is 15.4 Å². The number of amides is 2. The first-order valence-corrected chi connectivity index (χ1v) is 8.60. The molecule has 3 rings (SSSR count). The van der Waals surface area contributed by atoms with E-state index >= 15 is 0 Å². The lowest BCUT2D eigenvalue weighted by atomic mass is 10.1. The molecule has 8 heteroatoms. The second-order valence-corrected chi connectivity index (χ2v) is 6.11. The number of benzene rings is 2. The smallest absolute Gasteiger partial charge is 0.313 e. The normalized spacial score (nSPS) is 10.4.